The Morgan fingerprint density at radius 2 is 1.43 bits per heavy atom. The zero-order chi connectivity index (χ0) is 26.0. The molecule has 3 aromatic rings. The van der Waals surface area contributed by atoms with Gasteiger partial charge in [0, 0.05) is 25.2 Å². The average Bonchev–Trinajstić information content (AvgIpc) is 2.94. The van der Waals surface area contributed by atoms with Gasteiger partial charge in [-0.05, 0) is 61.1 Å². The summed E-state index contributed by atoms with van der Waals surface area (Å²) in [6.07, 6.45) is 0.865. The maximum atomic E-state index is 13.3. The monoisotopic (exact) mass is 500 g/mol. The van der Waals surface area contributed by atoms with Crippen molar-refractivity contribution in [3.8, 4) is 5.75 Å². The zero-order valence-electron chi connectivity index (χ0n) is 21.0. The van der Waals surface area contributed by atoms with Crippen LogP contribution in [-0.2, 0) is 9.53 Å². The molecule has 0 aliphatic carbocycles. The molecule has 1 aliphatic heterocycles. The highest BCUT2D eigenvalue weighted by atomic mass is 16.7. The lowest BCUT2D eigenvalue weighted by Crippen LogP contribution is -2.42. The maximum absolute atomic E-state index is 13.3. The third-order valence-corrected chi connectivity index (χ3v) is 6.56. The molecule has 1 N–H and O–H groups in total. The molecule has 1 fully saturated rings. The van der Waals surface area contributed by atoms with Gasteiger partial charge in [0.15, 0.2) is 0 Å². The lowest BCUT2D eigenvalue weighted by Gasteiger charge is -2.32. The molecule has 0 spiro atoms. The second-order valence-corrected chi connectivity index (χ2v) is 9.04. The first-order valence-corrected chi connectivity index (χ1v) is 12.7. The molecule has 0 aromatic heterocycles. The summed E-state index contributed by atoms with van der Waals surface area (Å²) in [7, 11) is 0. The van der Waals surface area contributed by atoms with Crippen LogP contribution in [0.25, 0.3) is 0 Å². The highest BCUT2D eigenvalue weighted by molar-refractivity contribution is 5.94. The van der Waals surface area contributed by atoms with Crippen molar-refractivity contribution in [2.24, 2.45) is 5.92 Å². The largest absolute Gasteiger partial charge is 0.513 e. The SMILES string of the molecule is CCOC(=O)Oc1ccc(C(=O)N2CCC(CNC(=O)C(c3ccccc3)c3ccccc3)CC2)cc1. The molecule has 4 rings (SSSR count). The fourth-order valence-corrected chi connectivity index (χ4v) is 4.57. The van der Waals surface area contributed by atoms with Gasteiger partial charge in [0.2, 0.25) is 5.91 Å². The summed E-state index contributed by atoms with van der Waals surface area (Å²) >= 11 is 0. The summed E-state index contributed by atoms with van der Waals surface area (Å²) in [5.74, 6) is 0.202. The number of likely N-dealkylation sites (tertiary alicyclic amines) is 1. The number of nitrogens with zero attached hydrogens (tertiary/aromatic N) is 1. The van der Waals surface area contributed by atoms with E-state index < -0.39 is 6.16 Å². The molecular weight excluding hydrogens is 468 g/mol. The Morgan fingerprint density at radius 3 is 1.97 bits per heavy atom. The molecule has 1 heterocycles. The molecule has 0 saturated carbocycles. The molecule has 1 aliphatic rings. The van der Waals surface area contributed by atoms with Crippen molar-refractivity contribution >= 4 is 18.0 Å². The van der Waals surface area contributed by atoms with E-state index in [1.165, 1.54) is 0 Å². The summed E-state index contributed by atoms with van der Waals surface area (Å²) in [5.41, 5.74) is 2.46. The number of benzene rings is 3. The molecule has 7 nitrogen and oxygen atoms in total. The minimum absolute atomic E-state index is 0.0129. The maximum Gasteiger partial charge on any atom is 0.513 e. The third-order valence-electron chi connectivity index (χ3n) is 6.56. The average molecular weight is 501 g/mol. The highest BCUT2D eigenvalue weighted by Gasteiger charge is 2.26. The Labute approximate surface area is 217 Å². The van der Waals surface area contributed by atoms with Gasteiger partial charge in [-0.3, -0.25) is 9.59 Å². The van der Waals surface area contributed by atoms with Crippen LogP contribution >= 0.6 is 0 Å². The summed E-state index contributed by atoms with van der Waals surface area (Å²) < 4.78 is 9.81. The summed E-state index contributed by atoms with van der Waals surface area (Å²) in [4.78, 5) is 39.5. The van der Waals surface area contributed by atoms with E-state index in [1.807, 2.05) is 65.6 Å². The van der Waals surface area contributed by atoms with Gasteiger partial charge in [-0.25, -0.2) is 4.79 Å². The number of carbonyl (C=O) groups is 3. The second kappa shape index (κ2) is 12.7. The zero-order valence-corrected chi connectivity index (χ0v) is 21.0. The van der Waals surface area contributed by atoms with Crippen LogP contribution in [-0.4, -0.2) is 49.1 Å². The second-order valence-electron chi connectivity index (χ2n) is 9.04. The van der Waals surface area contributed by atoms with Crippen LogP contribution in [0.3, 0.4) is 0 Å². The van der Waals surface area contributed by atoms with Crippen molar-refractivity contribution in [1.82, 2.24) is 10.2 Å². The van der Waals surface area contributed by atoms with E-state index in [1.54, 1.807) is 31.2 Å². The van der Waals surface area contributed by atoms with E-state index in [-0.39, 0.29) is 24.3 Å². The van der Waals surface area contributed by atoms with E-state index in [2.05, 4.69) is 5.32 Å². The molecule has 0 atom stereocenters. The normalized spacial score (nSPS) is 13.7. The summed E-state index contributed by atoms with van der Waals surface area (Å²) in [6, 6.07) is 26.1. The molecule has 3 aromatic carbocycles. The first-order valence-electron chi connectivity index (χ1n) is 12.7. The minimum atomic E-state index is -0.769. The van der Waals surface area contributed by atoms with Crippen LogP contribution in [0.1, 0.15) is 47.2 Å². The van der Waals surface area contributed by atoms with Crippen molar-refractivity contribution in [3.05, 3.63) is 102 Å². The van der Waals surface area contributed by atoms with Crippen molar-refractivity contribution in [1.29, 1.82) is 0 Å². The van der Waals surface area contributed by atoms with E-state index in [9.17, 15) is 14.4 Å². The van der Waals surface area contributed by atoms with Crippen LogP contribution in [0.2, 0.25) is 0 Å². The molecular formula is C30H32N2O5. The van der Waals surface area contributed by atoms with Crippen LogP contribution in [0.5, 0.6) is 5.75 Å². The predicted octanol–water partition coefficient (Wildman–Crippen LogP) is 5.02. The number of amides is 2. The number of rotatable bonds is 8. The van der Waals surface area contributed by atoms with E-state index in [0.717, 1.165) is 24.0 Å². The van der Waals surface area contributed by atoms with Crippen LogP contribution in [0.15, 0.2) is 84.9 Å². The van der Waals surface area contributed by atoms with Crippen molar-refractivity contribution in [2.75, 3.05) is 26.2 Å². The fraction of sp³-hybridized carbons (Fsp3) is 0.300. The minimum Gasteiger partial charge on any atom is -0.434 e. The lowest BCUT2D eigenvalue weighted by atomic mass is 9.90. The number of piperidine rings is 1. The Kier molecular flexibility index (Phi) is 8.92. The Morgan fingerprint density at radius 1 is 0.865 bits per heavy atom. The molecule has 192 valence electrons. The summed E-state index contributed by atoms with van der Waals surface area (Å²) in [5, 5.41) is 3.16. The van der Waals surface area contributed by atoms with Gasteiger partial charge in [-0.2, -0.15) is 0 Å². The van der Waals surface area contributed by atoms with Gasteiger partial charge in [-0.1, -0.05) is 60.7 Å². The highest BCUT2D eigenvalue weighted by Crippen LogP contribution is 2.26. The first kappa shape index (κ1) is 25.9. The molecule has 1 saturated heterocycles. The molecule has 7 heteroatoms. The van der Waals surface area contributed by atoms with Crippen LogP contribution in [0.4, 0.5) is 4.79 Å². The molecule has 0 bridgehead atoms. The van der Waals surface area contributed by atoms with Gasteiger partial charge >= 0.3 is 6.16 Å². The number of carbonyl (C=O) groups excluding carboxylic acids is 3. The predicted molar refractivity (Wildman–Crippen MR) is 140 cm³/mol. The topological polar surface area (TPSA) is 84.9 Å². The molecule has 0 radical (unpaired) electrons. The van der Waals surface area contributed by atoms with Gasteiger partial charge < -0.3 is 19.7 Å². The van der Waals surface area contributed by atoms with Gasteiger partial charge in [0.25, 0.3) is 5.91 Å². The number of hydrogen-bond acceptors (Lipinski definition) is 5. The molecule has 37 heavy (non-hydrogen) atoms. The Bertz CT molecular complexity index is 1130. The van der Waals surface area contributed by atoms with E-state index >= 15 is 0 Å². The quantitative estimate of drug-likeness (QED) is 0.347. The summed E-state index contributed by atoms with van der Waals surface area (Å²) in [6.45, 7) is 3.77. The number of nitrogens with one attached hydrogen (secondary N) is 1. The van der Waals surface area contributed by atoms with Gasteiger partial charge in [0.05, 0.1) is 12.5 Å². The third kappa shape index (κ3) is 6.97. The lowest BCUT2D eigenvalue weighted by molar-refractivity contribution is -0.122. The van der Waals surface area contributed by atoms with Crippen LogP contribution in [0, 0.1) is 5.92 Å². The molecule has 0 unspecified atom stereocenters. The van der Waals surface area contributed by atoms with Crippen LogP contribution < -0.4 is 10.1 Å². The smallest absolute Gasteiger partial charge is 0.434 e. The Hall–Kier alpha value is -4.13. The number of hydrogen-bond donors (Lipinski definition) is 1. The fourth-order valence-electron chi connectivity index (χ4n) is 4.57. The molecule has 2 amide bonds. The Balaban J connectivity index is 1.29. The number of ether oxygens (including phenoxy) is 2. The van der Waals surface area contributed by atoms with Gasteiger partial charge in [0.1, 0.15) is 5.75 Å². The van der Waals surface area contributed by atoms with Gasteiger partial charge in [-0.15, -0.1) is 0 Å². The standard InChI is InChI=1S/C30H32N2O5/c1-2-36-30(35)37-26-15-13-25(14-16-26)29(34)32-19-17-22(18-20-32)21-31-28(33)27(23-9-5-3-6-10-23)24-11-7-4-8-12-24/h3-16,22,27H,2,17-21H2,1H3,(H,31,33). The van der Waals surface area contributed by atoms with Crippen molar-refractivity contribution < 1.29 is 23.9 Å². The first-order chi connectivity index (χ1) is 18.0. The van der Waals surface area contributed by atoms with Crippen molar-refractivity contribution in [2.45, 2.75) is 25.7 Å². The van der Waals surface area contributed by atoms with Crippen molar-refractivity contribution in [3.63, 3.8) is 0 Å². The van der Waals surface area contributed by atoms with E-state index in [4.69, 9.17) is 9.47 Å². The van der Waals surface area contributed by atoms with E-state index in [0.29, 0.717) is 36.9 Å².